The Kier molecular flexibility index (Phi) is 5.88. The predicted molar refractivity (Wildman–Crippen MR) is 89.9 cm³/mol. The number of amides is 1. The lowest BCUT2D eigenvalue weighted by atomic mass is 10.2. The average Bonchev–Trinajstić information content (AvgIpc) is 2.91. The summed E-state index contributed by atoms with van der Waals surface area (Å²) in [6, 6.07) is 9.71. The molecule has 0 spiro atoms. The summed E-state index contributed by atoms with van der Waals surface area (Å²) in [6.07, 6.45) is 1.54. The molecule has 1 aromatic rings. The van der Waals surface area contributed by atoms with Crippen LogP contribution in [0.5, 0.6) is 0 Å². The Morgan fingerprint density at radius 3 is 2.73 bits per heavy atom. The lowest BCUT2D eigenvalue weighted by Gasteiger charge is -2.26. The number of sulfonamides is 1. The maximum absolute atomic E-state index is 12.5. The Morgan fingerprint density at radius 1 is 1.41 bits per heavy atom. The highest BCUT2D eigenvalue weighted by molar-refractivity contribution is 7.99. The number of carbonyl (C=O) groups excluding carboxylic acids is 1. The first-order chi connectivity index (χ1) is 10.4. The molecule has 0 aliphatic carbocycles. The minimum absolute atomic E-state index is 0.00656. The van der Waals surface area contributed by atoms with E-state index in [2.05, 4.69) is 0 Å². The molecule has 1 aromatic carbocycles. The van der Waals surface area contributed by atoms with Crippen molar-refractivity contribution < 1.29 is 13.2 Å². The molecule has 1 saturated heterocycles. The summed E-state index contributed by atoms with van der Waals surface area (Å²) in [5.41, 5.74) is 1.18. The van der Waals surface area contributed by atoms with Crippen molar-refractivity contribution in [1.29, 1.82) is 0 Å². The third kappa shape index (κ3) is 5.00. The van der Waals surface area contributed by atoms with E-state index in [0.29, 0.717) is 13.0 Å². The molecule has 5 nitrogen and oxygen atoms in total. The Hall–Kier alpha value is -1.05. The standard InChI is InChI=1S/C15H22N2O3S2/c1-12(21-10-13-6-3-2-4-7-13)15(18)17-9-5-8-14(17)11-22(16,19)20/h2-4,6-7,12,14H,5,8-11H2,1H3,(H2,16,19,20)/t12-,14+/m0/s1. The number of hydrogen-bond acceptors (Lipinski definition) is 4. The number of thioether (sulfide) groups is 1. The first-order valence-corrected chi connectivity index (χ1v) is 10.1. The van der Waals surface area contributed by atoms with Gasteiger partial charge in [-0.05, 0) is 25.3 Å². The predicted octanol–water partition coefficient (Wildman–Crippen LogP) is 1.59. The lowest BCUT2D eigenvalue weighted by molar-refractivity contribution is -0.130. The van der Waals surface area contributed by atoms with E-state index < -0.39 is 10.0 Å². The molecule has 122 valence electrons. The van der Waals surface area contributed by atoms with Gasteiger partial charge in [-0.15, -0.1) is 11.8 Å². The molecule has 2 atom stereocenters. The fraction of sp³-hybridized carbons (Fsp3) is 0.533. The van der Waals surface area contributed by atoms with Crippen LogP contribution in [0.2, 0.25) is 0 Å². The molecule has 0 unspecified atom stereocenters. The van der Waals surface area contributed by atoms with E-state index in [9.17, 15) is 13.2 Å². The van der Waals surface area contributed by atoms with Gasteiger partial charge >= 0.3 is 0 Å². The SMILES string of the molecule is C[C@H](SCc1ccccc1)C(=O)N1CCC[C@@H]1CS(N)(=O)=O. The summed E-state index contributed by atoms with van der Waals surface area (Å²) in [6.45, 7) is 2.50. The summed E-state index contributed by atoms with van der Waals surface area (Å²) in [5.74, 6) is 0.628. The van der Waals surface area contributed by atoms with Gasteiger partial charge in [-0.25, -0.2) is 13.6 Å². The van der Waals surface area contributed by atoms with Crippen LogP contribution in [0.3, 0.4) is 0 Å². The van der Waals surface area contributed by atoms with Crippen molar-refractivity contribution in [2.24, 2.45) is 5.14 Å². The van der Waals surface area contributed by atoms with E-state index in [-0.39, 0.29) is 23.0 Å². The van der Waals surface area contributed by atoms with E-state index in [0.717, 1.165) is 12.2 Å². The van der Waals surface area contributed by atoms with Crippen LogP contribution in [0, 0.1) is 0 Å². The van der Waals surface area contributed by atoms with Crippen molar-refractivity contribution in [3.05, 3.63) is 35.9 Å². The molecule has 1 fully saturated rings. The van der Waals surface area contributed by atoms with Crippen LogP contribution in [-0.4, -0.2) is 42.8 Å². The van der Waals surface area contributed by atoms with Gasteiger partial charge < -0.3 is 4.90 Å². The Morgan fingerprint density at radius 2 is 2.09 bits per heavy atom. The second-order valence-corrected chi connectivity index (χ2v) is 8.58. The normalized spacial score (nSPS) is 20.1. The number of benzene rings is 1. The third-order valence-electron chi connectivity index (χ3n) is 3.78. The zero-order chi connectivity index (χ0) is 16.2. The van der Waals surface area contributed by atoms with Crippen LogP contribution in [0.25, 0.3) is 0 Å². The van der Waals surface area contributed by atoms with Crippen molar-refractivity contribution in [2.45, 2.75) is 36.8 Å². The van der Waals surface area contributed by atoms with Crippen molar-refractivity contribution >= 4 is 27.7 Å². The third-order valence-corrected chi connectivity index (χ3v) is 5.83. The molecule has 1 heterocycles. The zero-order valence-electron chi connectivity index (χ0n) is 12.6. The van der Waals surface area contributed by atoms with Crippen LogP contribution < -0.4 is 5.14 Å². The zero-order valence-corrected chi connectivity index (χ0v) is 14.3. The van der Waals surface area contributed by atoms with Crippen LogP contribution in [0.4, 0.5) is 0 Å². The quantitative estimate of drug-likeness (QED) is 0.851. The minimum Gasteiger partial charge on any atom is -0.338 e. The molecule has 0 saturated carbocycles. The van der Waals surface area contributed by atoms with Gasteiger partial charge in [0.2, 0.25) is 15.9 Å². The summed E-state index contributed by atoms with van der Waals surface area (Å²) >= 11 is 1.57. The Balaban J connectivity index is 1.92. The molecular weight excluding hydrogens is 320 g/mol. The van der Waals surface area contributed by atoms with Crippen LogP contribution in [-0.2, 0) is 20.6 Å². The topological polar surface area (TPSA) is 80.5 Å². The number of nitrogens with zero attached hydrogens (tertiary/aromatic N) is 1. The minimum atomic E-state index is -3.56. The molecule has 0 radical (unpaired) electrons. The number of rotatable bonds is 6. The number of hydrogen-bond donors (Lipinski definition) is 1. The molecule has 1 amide bonds. The van der Waals surface area contributed by atoms with Gasteiger partial charge in [0.25, 0.3) is 0 Å². The maximum Gasteiger partial charge on any atom is 0.235 e. The van der Waals surface area contributed by atoms with Gasteiger partial charge in [-0.3, -0.25) is 4.79 Å². The molecule has 7 heteroatoms. The van der Waals surface area contributed by atoms with E-state index >= 15 is 0 Å². The average molecular weight is 342 g/mol. The van der Waals surface area contributed by atoms with Crippen LogP contribution in [0.1, 0.15) is 25.3 Å². The fourth-order valence-electron chi connectivity index (χ4n) is 2.67. The van der Waals surface area contributed by atoms with Gasteiger partial charge in [-0.2, -0.15) is 0 Å². The highest BCUT2D eigenvalue weighted by Crippen LogP contribution is 2.24. The van der Waals surface area contributed by atoms with Gasteiger partial charge in [0.1, 0.15) is 0 Å². The highest BCUT2D eigenvalue weighted by Gasteiger charge is 2.33. The number of primary sulfonamides is 1. The fourth-order valence-corrected chi connectivity index (χ4v) is 4.46. The molecule has 1 aliphatic heterocycles. The molecule has 0 aromatic heterocycles. The first kappa shape index (κ1) is 17.3. The molecule has 1 aliphatic rings. The monoisotopic (exact) mass is 342 g/mol. The summed E-state index contributed by atoms with van der Waals surface area (Å²) < 4.78 is 22.5. The summed E-state index contributed by atoms with van der Waals surface area (Å²) in [5, 5.41) is 4.92. The maximum atomic E-state index is 12.5. The van der Waals surface area contributed by atoms with E-state index in [1.807, 2.05) is 37.3 Å². The lowest BCUT2D eigenvalue weighted by Crippen LogP contribution is -2.44. The molecular formula is C15H22N2O3S2. The van der Waals surface area contributed by atoms with Crippen molar-refractivity contribution in [3.8, 4) is 0 Å². The first-order valence-electron chi connectivity index (χ1n) is 7.33. The molecule has 22 heavy (non-hydrogen) atoms. The Labute approximate surface area is 136 Å². The highest BCUT2D eigenvalue weighted by atomic mass is 32.2. The number of nitrogens with two attached hydrogens (primary N) is 1. The van der Waals surface area contributed by atoms with E-state index in [1.54, 1.807) is 16.7 Å². The second-order valence-electron chi connectivity index (χ2n) is 5.60. The van der Waals surface area contributed by atoms with Gasteiger partial charge in [0, 0.05) is 18.3 Å². The molecule has 2 rings (SSSR count). The molecule has 2 N–H and O–H groups in total. The summed E-state index contributed by atoms with van der Waals surface area (Å²) in [7, 11) is -3.56. The van der Waals surface area contributed by atoms with Crippen molar-refractivity contribution in [1.82, 2.24) is 4.90 Å². The van der Waals surface area contributed by atoms with Gasteiger partial charge in [0.15, 0.2) is 0 Å². The second kappa shape index (κ2) is 7.48. The largest absolute Gasteiger partial charge is 0.338 e. The van der Waals surface area contributed by atoms with Gasteiger partial charge in [0.05, 0.1) is 11.0 Å². The summed E-state index contributed by atoms with van der Waals surface area (Å²) in [4.78, 5) is 14.2. The van der Waals surface area contributed by atoms with Crippen LogP contribution in [0.15, 0.2) is 30.3 Å². The van der Waals surface area contributed by atoms with Crippen molar-refractivity contribution in [3.63, 3.8) is 0 Å². The van der Waals surface area contributed by atoms with Crippen LogP contribution >= 0.6 is 11.8 Å². The van der Waals surface area contributed by atoms with E-state index in [4.69, 9.17) is 5.14 Å². The molecule has 0 bridgehead atoms. The number of likely N-dealkylation sites (tertiary alicyclic amines) is 1. The smallest absolute Gasteiger partial charge is 0.235 e. The Bertz CT molecular complexity index is 604. The van der Waals surface area contributed by atoms with E-state index in [1.165, 1.54) is 5.56 Å². The van der Waals surface area contributed by atoms with Crippen molar-refractivity contribution in [2.75, 3.05) is 12.3 Å². The number of carbonyl (C=O) groups is 1. The van der Waals surface area contributed by atoms with Gasteiger partial charge in [-0.1, -0.05) is 30.3 Å².